The van der Waals surface area contributed by atoms with Gasteiger partial charge >= 0.3 is 5.97 Å². The second-order valence-electron chi connectivity index (χ2n) is 3.69. The van der Waals surface area contributed by atoms with E-state index in [0.717, 1.165) is 6.07 Å². The van der Waals surface area contributed by atoms with Gasteiger partial charge in [-0.3, -0.25) is 9.48 Å². The van der Waals surface area contributed by atoms with Gasteiger partial charge in [-0.1, -0.05) is 0 Å². The van der Waals surface area contributed by atoms with Crippen molar-refractivity contribution in [2.75, 3.05) is 0 Å². The topological polar surface area (TPSA) is 72.2 Å². The van der Waals surface area contributed by atoms with Crippen LogP contribution in [0.2, 0.25) is 0 Å². The Balaban J connectivity index is 2.61. The van der Waals surface area contributed by atoms with Crippen LogP contribution in [0.1, 0.15) is 20.8 Å². The summed E-state index contributed by atoms with van der Waals surface area (Å²) in [5.41, 5.74) is 0.895. The van der Waals surface area contributed by atoms with Crippen LogP contribution in [0.4, 0.5) is 4.39 Å². The largest absolute Gasteiger partial charge is 0.476 e. The van der Waals surface area contributed by atoms with E-state index in [1.807, 2.05) is 0 Å². The number of carboxylic acid groups (broad SMARTS) is 1. The Morgan fingerprint density at radius 3 is 2.72 bits per heavy atom. The number of carboxylic acids is 1. The van der Waals surface area contributed by atoms with Gasteiger partial charge in [0.1, 0.15) is 5.82 Å². The zero-order chi connectivity index (χ0) is 13.3. The summed E-state index contributed by atoms with van der Waals surface area (Å²) in [6, 6.07) is 5.05. The van der Waals surface area contributed by atoms with Crippen molar-refractivity contribution in [2.45, 2.75) is 0 Å². The third-order valence-corrected chi connectivity index (χ3v) is 2.52. The summed E-state index contributed by atoms with van der Waals surface area (Å²) in [5, 5.41) is 12.6. The first kappa shape index (κ1) is 12.0. The molecule has 0 unspecified atom stereocenters. The Morgan fingerprint density at radius 1 is 1.44 bits per heavy atom. The first-order valence-corrected chi connectivity index (χ1v) is 5.05. The lowest BCUT2D eigenvalue weighted by Gasteiger charge is -2.04. The van der Waals surface area contributed by atoms with Gasteiger partial charge < -0.3 is 5.11 Å². The van der Waals surface area contributed by atoms with Gasteiger partial charge in [0, 0.05) is 18.2 Å². The van der Waals surface area contributed by atoms with Crippen molar-refractivity contribution in [1.29, 1.82) is 0 Å². The average Bonchev–Trinajstić information content (AvgIpc) is 2.71. The minimum absolute atomic E-state index is 0.131. The summed E-state index contributed by atoms with van der Waals surface area (Å²) in [4.78, 5) is 21.7. The summed E-state index contributed by atoms with van der Waals surface area (Å²) in [6.45, 7) is 0. The fraction of sp³-hybridized carbons (Fsp3) is 0.0833. The molecule has 92 valence electrons. The molecule has 2 aromatic rings. The third kappa shape index (κ3) is 2.00. The van der Waals surface area contributed by atoms with Gasteiger partial charge in [0.25, 0.3) is 0 Å². The summed E-state index contributed by atoms with van der Waals surface area (Å²) in [6.07, 6.45) is 0.520. The van der Waals surface area contributed by atoms with E-state index in [1.165, 1.54) is 22.9 Å². The molecule has 6 heteroatoms. The van der Waals surface area contributed by atoms with E-state index in [-0.39, 0.29) is 11.3 Å². The number of carbonyl (C=O) groups excluding carboxylic acids is 1. The van der Waals surface area contributed by atoms with Crippen molar-refractivity contribution < 1.29 is 19.1 Å². The lowest BCUT2D eigenvalue weighted by atomic mass is 10.0. The molecule has 1 heterocycles. The highest BCUT2D eigenvalue weighted by molar-refractivity contribution is 5.90. The Bertz CT molecular complexity index is 634. The SMILES string of the molecule is Cn1nc(C(=O)O)cc1-c1ccc(F)cc1C=O. The van der Waals surface area contributed by atoms with Crippen LogP contribution in [-0.4, -0.2) is 27.1 Å². The standard InChI is InChI=1S/C12H9FN2O3/c1-15-11(5-10(14-15)12(17)18)9-3-2-8(13)4-7(9)6-16/h2-6H,1H3,(H,17,18). The minimum atomic E-state index is -1.16. The van der Waals surface area contributed by atoms with Crippen LogP contribution in [-0.2, 0) is 7.05 Å². The summed E-state index contributed by atoms with van der Waals surface area (Å²) in [5.74, 6) is -1.69. The molecule has 18 heavy (non-hydrogen) atoms. The van der Waals surface area contributed by atoms with Crippen LogP contribution >= 0.6 is 0 Å². The second-order valence-corrected chi connectivity index (χ2v) is 3.69. The summed E-state index contributed by atoms with van der Waals surface area (Å²) in [7, 11) is 1.56. The normalized spacial score (nSPS) is 10.3. The molecule has 5 nitrogen and oxygen atoms in total. The Labute approximate surface area is 101 Å². The van der Waals surface area contributed by atoms with Crippen LogP contribution in [0.5, 0.6) is 0 Å². The summed E-state index contributed by atoms with van der Waals surface area (Å²) >= 11 is 0. The van der Waals surface area contributed by atoms with E-state index in [1.54, 1.807) is 7.05 Å². The molecule has 0 bridgehead atoms. The highest BCUT2D eigenvalue weighted by atomic mass is 19.1. The van der Waals surface area contributed by atoms with E-state index in [9.17, 15) is 14.0 Å². The zero-order valence-electron chi connectivity index (χ0n) is 9.42. The molecule has 0 atom stereocenters. The fourth-order valence-corrected chi connectivity index (χ4v) is 1.69. The molecular weight excluding hydrogens is 239 g/mol. The number of hydrogen-bond acceptors (Lipinski definition) is 3. The zero-order valence-corrected chi connectivity index (χ0v) is 9.42. The minimum Gasteiger partial charge on any atom is -0.476 e. The third-order valence-electron chi connectivity index (χ3n) is 2.52. The maximum absolute atomic E-state index is 13.0. The van der Waals surface area contributed by atoms with Gasteiger partial charge in [-0.25, -0.2) is 9.18 Å². The molecule has 0 fully saturated rings. The van der Waals surface area contributed by atoms with E-state index in [0.29, 0.717) is 17.5 Å². The number of benzene rings is 1. The fourth-order valence-electron chi connectivity index (χ4n) is 1.69. The van der Waals surface area contributed by atoms with Gasteiger partial charge in [-0.15, -0.1) is 0 Å². The quantitative estimate of drug-likeness (QED) is 0.840. The lowest BCUT2D eigenvalue weighted by molar-refractivity contribution is 0.0689. The molecule has 1 aromatic heterocycles. The molecule has 0 aliphatic carbocycles. The van der Waals surface area contributed by atoms with E-state index in [4.69, 9.17) is 5.11 Å². The van der Waals surface area contributed by atoms with Gasteiger partial charge in [0.15, 0.2) is 12.0 Å². The van der Waals surface area contributed by atoms with Gasteiger partial charge in [0.05, 0.1) is 5.69 Å². The molecule has 0 saturated carbocycles. The van der Waals surface area contributed by atoms with Crippen molar-refractivity contribution in [3.05, 3.63) is 41.3 Å². The Morgan fingerprint density at radius 2 is 2.17 bits per heavy atom. The predicted octanol–water partition coefficient (Wildman–Crippen LogP) is 1.74. The molecule has 1 N–H and O–H groups in total. The van der Waals surface area contributed by atoms with Gasteiger partial charge in [0.2, 0.25) is 0 Å². The summed E-state index contributed by atoms with van der Waals surface area (Å²) < 4.78 is 14.3. The molecular formula is C12H9FN2O3. The van der Waals surface area contributed by atoms with Crippen LogP contribution in [0.3, 0.4) is 0 Å². The number of rotatable bonds is 3. The van der Waals surface area contributed by atoms with Crippen molar-refractivity contribution in [1.82, 2.24) is 9.78 Å². The molecule has 1 aromatic carbocycles. The van der Waals surface area contributed by atoms with E-state index in [2.05, 4.69) is 5.10 Å². The number of hydrogen-bond donors (Lipinski definition) is 1. The Hall–Kier alpha value is -2.50. The van der Waals surface area contributed by atoms with Crippen LogP contribution in [0.15, 0.2) is 24.3 Å². The molecule has 0 amide bonds. The smallest absolute Gasteiger partial charge is 0.356 e. The lowest BCUT2D eigenvalue weighted by Crippen LogP contribution is -2.00. The number of halogens is 1. The van der Waals surface area contributed by atoms with Crippen molar-refractivity contribution >= 4 is 12.3 Å². The van der Waals surface area contributed by atoms with Gasteiger partial charge in [-0.2, -0.15) is 5.10 Å². The van der Waals surface area contributed by atoms with Crippen molar-refractivity contribution in [3.8, 4) is 11.3 Å². The number of nitrogens with zero attached hydrogens (tertiary/aromatic N) is 2. The number of carbonyl (C=O) groups is 2. The van der Waals surface area contributed by atoms with E-state index < -0.39 is 11.8 Å². The highest BCUT2D eigenvalue weighted by Crippen LogP contribution is 2.24. The molecule has 2 rings (SSSR count). The second kappa shape index (κ2) is 4.40. The van der Waals surface area contributed by atoms with Gasteiger partial charge in [-0.05, 0) is 24.3 Å². The predicted molar refractivity (Wildman–Crippen MR) is 60.9 cm³/mol. The molecule has 0 saturated heterocycles. The van der Waals surface area contributed by atoms with Crippen molar-refractivity contribution in [2.24, 2.45) is 7.05 Å². The number of aromatic nitrogens is 2. The molecule has 0 spiro atoms. The number of aldehydes is 1. The maximum Gasteiger partial charge on any atom is 0.356 e. The number of aryl methyl sites for hydroxylation is 1. The van der Waals surface area contributed by atoms with Crippen molar-refractivity contribution in [3.63, 3.8) is 0 Å². The highest BCUT2D eigenvalue weighted by Gasteiger charge is 2.15. The van der Waals surface area contributed by atoms with E-state index >= 15 is 0 Å². The molecule has 0 aliphatic heterocycles. The molecule has 0 radical (unpaired) electrons. The van der Waals surface area contributed by atoms with Crippen LogP contribution in [0.25, 0.3) is 11.3 Å². The Kier molecular flexibility index (Phi) is 2.93. The van der Waals surface area contributed by atoms with Crippen LogP contribution in [0, 0.1) is 5.82 Å². The first-order chi connectivity index (χ1) is 8.52. The molecule has 0 aliphatic rings. The number of aromatic carboxylic acids is 1. The first-order valence-electron chi connectivity index (χ1n) is 5.05. The maximum atomic E-state index is 13.0. The van der Waals surface area contributed by atoms with Crippen LogP contribution < -0.4 is 0 Å². The average molecular weight is 248 g/mol. The monoisotopic (exact) mass is 248 g/mol.